The van der Waals surface area contributed by atoms with Gasteiger partial charge >= 0.3 is 5.97 Å². The number of ketones is 1. The number of anilines is 1. The van der Waals surface area contributed by atoms with Gasteiger partial charge in [-0.25, -0.2) is 9.78 Å². The largest absolute Gasteiger partial charge is 0.461 e. The molecule has 100 valence electrons. The Morgan fingerprint density at radius 2 is 2.11 bits per heavy atom. The third kappa shape index (κ3) is 3.80. The molecular formula is C12H18N2O3S. The van der Waals surface area contributed by atoms with Crippen molar-refractivity contribution in [2.75, 3.05) is 18.5 Å². The first kappa shape index (κ1) is 14.6. The number of aromatic nitrogens is 1. The molecule has 0 unspecified atom stereocenters. The predicted octanol–water partition coefficient (Wildman–Crippen LogP) is 2.59. The maximum atomic E-state index is 11.7. The second-order valence-electron chi connectivity index (χ2n) is 4.25. The lowest BCUT2D eigenvalue weighted by Gasteiger charge is -2.04. The topological polar surface area (TPSA) is 68.3 Å². The number of hydrogen-bond donors (Lipinski definition) is 1. The molecule has 0 aromatic carbocycles. The van der Waals surface area contributed by atoms with Crippen molar-refractivity contribution in [1.29, 1.82) is 0 Å². The van der Waals surface area contributed by atoms with E-state index in [0.29, 0.717) is 15.9 Å². The average molecular weight is 270 g/mol. The van der Waals surface area contributed by atoms with Crippen LogP contribution in [-0.2, 0) is 4.74 Å². The zero-order valence-corrected chi connectivity index (χ0v) is 11.9. The number of hydrogen-bond acceptors (Lipinski definition) is 6. The van der Waals surface area contributed by atoms with E-state index >= 15 is 0 Å². The van der Waals surface area contributed by atoms with Gasteiger partial charge in [0.2, 0.25) is 0 Å². The van der Waals surface area contributed by atoms with Crippen LogP contribution in [0, 0.1) is 5.92 Å². The van der Waals surface area contributed by atoms with Crippen molar-refractivity contribution >= 4 is 28.2 Å². The first-order valence-corrected chi connectivity index (χ1v) is 6.70. The van der Waals surface area contributed by atoms with Gasteiger partial charge in [-0.2, -0.15) is 0 Å². The minimum atomic E-state index is -0.545. The first-order valence-electron chi connectivity index (χ1n) is 5.88. The number of rotatable bonds is 6. The number of Topliss-reactive ketones (excluding diaryl/α,β-unsaturated/α-hetero) is 1. The summed E-state index contributed by atoms with van der Waals surface area (Å²) in [6.07, 6.45) is 0. The quantitative estimate of drug-likeness (QED) is 0.635. The summed E-state index contributed by atoms with van der Waals surface area (Å²) in [6.45, 7) is 8.28. The smallest absolute Gasteiger partial charge is 0.358 e. The molecule has 0 aliphatic rings. The van der Waals surface area contributed by atoms with Gasteiger partial charge in [-0.1, -0.05) is 25.2 Å². The van der Waals surface area contributed by atoms with Crippen LogP contribution in [0.2, 0.25) is 0 Å². The van der Waals surface area contributed by atoms with Crippen LogP contribution >= 0.6 is 11.3 Å². The summed E-state index contributed by atoms with van der Waals surface area (Å²) in [5, 5.41) is 3.68. The summed E-state index contributed by atoms with van der Waals surface area (Å²) in [6, 6.07) is 0. The van der Waals surface area contributed by atoms with E-state index in [9.17, 15) is 9.59 Å². The fourth-order valence-electron chi connectivity index (χ4n) is 1.26. The molecule has 1 aromatic rings. The highest BCUT2D eigenvalue weighted by atomic mass is 32.1. The molecule has 0 saturated heterocycles. The molecule has 1 rings (SSSR count). The highest BCUT2D eigenvalue weighted by Crippen LogP contribution is 2.24. The molecule has 0 amide bonds. The average Bonchev–Trinajstić information content (AvgIpc) is 2.71. The Kier molecular flexibility index (Phi) is 5.27. The maximum Gasteiger partial charge on any atom is 0.358 e. The normalized spacial score (nSPS) is 10.5. The molecule has 0 fully saturated rings. The molecule has 0 spiro atoms. The SMILES string of the molecule is CCOC(=O)c1nc(NCC(C)C)sc1C(C)=O. The van der Waals surface area contributed by atoms with Gasteiger partial charge in [0.15, 0.2) is 16.6 Å². The Bertz CT molecular complexity index is 441. The number of nitrogens with one attached hydrogen (secondary N) is 1. The summed E-state index contributed by atoms with van der Waals surface area (Å²) in [7, 11) is 0. The van der Waals surface area contributed by atoms with E-state index in [1.807, 2.05) is 0 Å². The Labute approximate surface area is 111 Å². The van der Waals surface area contributed by atoms with Crippen molar-refractivity contribution in [3.05, 3.63) is 10.6 Å². The fourth-order valence-corrected chi connectivity index (χ4v) is 2.12. The van der Waals surface area contributed by atoms with Gasteiger partial charge in [0, 0.05) is 13.5 Å². The van der Waals surface area contributed by atoms with Gasteiger partial charge in [-0.3, -0.25) is 4.79 Å². The van der Waals surface area contributed by atoms with Crippen LogP contribution in [-0.4, -0.2) is 29.9 Å². The van der Waals surface area contributed by atoms with Gasteiger partial charge in [-0.15, -0.1) is 0 Å². The molecule has 18 heavy (non-hydrogen) atoms. The molecule has 0 aliphatic carbocycles. The second-order valence-corrected chi connectivity index (χ2v) is 5.25. The van der Waals surface area contributed by atoms with E-state index in [1.54, 1.807) is 6.92 Å². The van der Waals surface area contributed by atoms with E-state index in [1.165, 1.54) is 18.3 Å². The Hall–Kier alpha value is -1.43. The van der Waals surface area contributed by atoms with Crippen molar-refractivity contribution in [1.82, 2.24) is 4.98 Å². The number of ether oxygens (including phenoxy) is 1. The van der Waals surface area contributed by atoms with Crippen molar-refractivity contribution < 1.29 is 14.3 Å². The number of thiazole rings is 1. The van der Waals surface area contributed by atoms with Crippen molar-refractivity contribution in [2.24, 2.45) is 5.92 Å². The lowest BCUT2D eigenvalue weighted by Crippen LogP contribution is -2.10. The summed E-state index contributed by atoms with van der Waals surface area (Å²) in [4.78, 5) is 27.6. The van der Waals surface area contributed by atoms with Gasteiger partial charge in [0.25, 0.3) is 0 Å². The Morgan fingerprint density at radius 1 is 1.44 bits per heavy atom. The second kappa shape index (κ2) is 6.49. The molecule has 5 nitrogen and oxygen atoms in total. The molecule has 0 atom stereocenters. The molecule has 1 heterocycles. The van der Waals surface area contributed by atoms with Gasteiger partial charge in [0.1, 0.15) is 4.88 Å². The van der Waals surface area contributed by atoms with Gasteiger partial charge in [0.05, 0.1) is 6.61 Å². The molecule has 0 aliphatic heterocycles. The van der Waals surface area contributed by atoms with E-state index in [0.717, 1.165) is 6.54 Å². The van der Waals surface area contributed by atoms with Crippen LogP contribution < -0.4 is 5.32 Å². The van der Waals surface area contributed by atoms with E-state index in [4.69, 9.17) is 4.74 Å². The highest BCUT2D eigenvalue weighted by Gasteiger charge is 2.22. The lowest BCUT2D eigenvalue weighted by molar-refractivity contribution is 0.0517. The molecule has 0 bridgehead atoms. The minimum absolute atomic E-state index is 0.112. The highest BCUT2D eigenvalue weighted by molar-refractivity contribution is 7.17. The molecule has 0 radical (unpaired) electrons. The summed E-state index contributed by atoms with van der Waals surface area (Å²) < 4.78 is 4.88. The molecule has 1 aromatic heterocycles. The summed E-state index contributed by atoms with van der Waals surface area (Å²) in [5.41, 5.74) is 0.112. The van der Waals surface area contributed by atoms with Gasteiger partial charge in [-0.05, 0) is 12.8 Å². The minimum Gasteiger partial charge on any atom is -0.461 e. The van der Waals surface area contributed by atoms with E-state index in [-0.39, 0.29) is 18.1 Å². The number of esters is 1. The monoisotopic (exact) mass is 270 g/mol. The predicted molar refractivity (Wildman–Crippen MR) is 71.4 cm³/mol. The standard InChI is InChI=1S/C12H18N2O3S/c1-5-17-11(16)9-10(8(4)15)18-12(14-9)13-6-7(2)3/h7H,5-6H2,1-4H3,(H,13,14). The third-order valence-corrected chi connectivity index (χ3v) is 3.19. The zero-order chi connectivity index (χ0) is 13.7. The third-order valence-electron chi connectivity index (χ3n) is 2.08. The fraction of sp³-hybridized carbons (Fsp3) is 0.583. The van der Waals surface area contributed by atoms with Crippen molar-refractivity contribution in [2.45, 2.75) is 27.7 Å². The maximum absolute atomic E-state index is 11.7. The first-order chi connectivity index (χ1) is 8.45. The molecule has 0 saturated carbocycles. The Balaban J connectivity index is 2.93. The Morgan fingerprint density at radius 3 is 2.61 bits per heavy atom. The summed E-state index contributed by atoms with van der Waals surface area (Å²) >= 11 is 1.19. The van der Waals surface area contributed by atoms with E-state index in [2.05, 4.69) is 24.1 Å². The van der Waals surface area contributed by atoms with Crippen LogP contribution in [0.3, 0.4) is 0 Å². The van der Waals surface area contributed by atoms with Crippen LogP contribution in [0.25, 0.3) is 0 Å². The van der Waals surface area contributed by atoms with Crippen LogP contribution in [0.1, 0.15) is 47.9 Å². The van der Waals surface area contributed by atoms with Crippen molar-refractivity contribution in [3.63, 3.8) is 0 Å². The number of carbonyl (C=O) groups is 2. The summed E-state index contributed by atoms with van der Waals surface area (Å²) in [5.74, 6) is -0.259. The molecule has 6 heteroatoms. The van der Waals surface area contributed by atoms with Gasteiger partial charge < -0.3 is 10.1 Å². The van der Waals surface area contributed by atoms with Crippen LogP contribution in [0.15, 0.2) is 0 Å². The molecular weight excluding hydrogens is 252 g/mol. The number of carbonyl (C=O) groups excluding carboxylic acids is 2. The number of nitrogens with zero attached hydrogens (tertiary/aromatic N) is 1. The van der Waals surface area contributed by atoms with Crippen LogP contribution in [0.5, 0.6) is 0 Å². The van der Waals surface area contributed by atoms with Crippen LogP contribution in [0.4, 0.5) is 5.13 Å². The van der Waals surface area contributed by atoms with Crippen molar-refractivity contribution in [3.8, 4) is 0 Å². The van der Waals surface area contributed by atoms with E-state index < -0.39 is 5.97 Å². The lowest BCUT2D eigenvalue weighted by atomic mass is 10.2. The zero-order valence-electron chi connectivity index (χ0n) is 11.1. The molecule has 1 N–H and O–H groups in total.